The molecule has 1 fully saturated rings. The minimum Gasteiger partial charge on any atom is -0.308 e. The van der Waals surface area contributed by atoms with E-state index in [1.807, 2.05) is 11.8 Å². The van der Waals surface area contributed by atoms with E-state index >= 15 is 0 Å². The van der Waals surface area contributed by atoms with Crippen molar-refractivity contribution >= 4 is 23.1 Å². The fourth-order valence-electron chi connectivity index (χ4n) is 1.17. The summed E-state index contributed by atoms with van der Waals surface area (Å²) in [6, 6.07) is 0.758. The number of nitrogens with zero attached hydrogens (tertiary/aromatic N) is 2. The predicted octanol–water partition coefficient (Wildman–Crippen LogP) is 1.70. The molecule has 0 saturated heterocycles. The molecule has 1 aliphatic rings. The molecule has 0 aliphatic heterocycles. The Bertz CT molecular complexity index is 283. The Kier molecular flexibility index (Phi) is 3.78. The van der Waals surface area contributed by atoms with Gasteiger partial charge in [-0.05, 0) is 24.9 Å². The van der Waals surface area contributed by atoms with Crippen LogP contribution in [0.3, 0.4) is 0 Å². The van der Waals surface area contributed by atoms with E-state index < -0.39 is 0 Å². The molecule has 2 rings (SSSR count). The number of hydrogen-bond donors (Lipinski definition) is 1. The van der Waals surface area contributed by atoms with Crippen LogP contribution in [0.1, 0.15) is 22.9 Å². The maximum absolute atomic E-state index is 4.17. The third-order valence-electron chi connectivity index (χ3n) is 2.15. The van der Waals surface area contributed by atoms with Gasteiger partial charge in [0.1, 0.15) is 10.0 Å². The molecule has 14 heavy (non-hydrogen) atoms. The van der Waals surface area contributed by atoms with Crippen molar-refractivity contribution in [2.75, 3.05) is 12.0 Å². The van der Waals surface area contributed by atoms with Crippen LogP contribution in [0.25, 0.3) is 0 Å². The first-order valence-electron chi connectivity index (χ1n) is 4.92. The van der Waals surface area contributed by atoms with E-state index in [1.165, 1.54) is 17.8 Å². The highest BCUT2D eigenvalue weighted by atomic mass is 32.2. The van der Waals surface area contributed by atoms with Gasteiger partial charge in [-0.15, -0.1) is 21.5 Å². The molecule has 0 amide bonds. The van der Waals surface area contributed by atoms with Crippen LogP contribution >= 0.6 is 23.1 Å². The largest absolute Gasteiger partial charge is 0.308 e. The number of aromatic nitrogens is 2. The summed E-state index contributed by atoms with van der Waals surface area (Å²) < 4.78 is 0. The average Bonchev–Trinajstić information content (AvgIpc) is 2.92. The SMILES string of the molecule is CSCCc1nnc(CNC2CC2)s1. The van der Waals surface area contributed by atoms with E-state index in [0.717, 1.165) is 29.8 Å². The van der Waals surface area contributed by atoms with Crippen molar-refractivity contribution in [1.29, 1.82) is 0 Å². The Morgan fingerprint density at radius 3 is 2.93 bits per heavy atom. The van der Waals surface area contributed by atoms with E-state index in [4.69, 9.17) is 0 Å². The first-order chi connectivity index (χ1) is 6.88. The molecule has 1 N–H and O–H groups in total. The van der Waals surface area contributed by atoms with Crippen LogP contribution in [0.4, 0.5) is 0 Å². The normalized spacial score (nSPS) is 16.1. The third kappa shape index (κ3) is 3.22. The molecule has 0 bridgehead atoms. The highest BCUT2D eigenvalue weighted by Gasteiger charge is 2.20. The average molecular weight is 229 g/mol. The fraction of sp³-hybridized carbons (Fsp3) is 0.778. The lowest BCUT2D eigenvalue weighted by atomic mass is 10.5. The van der Waals surface area contributed by atoms with Crippen LogP contribution in [0, 0.1) is 0 Å². The van der Waals surface area contributed by atoms with E-state index in [-0.39, 0.29) is 0 Å². The van der Waals surface area contributed by atoms with Gasteiger partial charge >= 0.3 is 0 Å². The Hall–Kier alpha value is -0.130. The van der Waals surface area contributed by atoms with Gasteiger partial charge in [-0.2, -0.15) is 11.8 Å². The molecular weight excluding hydrogens is 214 g/mol. The smallest absolute Gasteiger partial charge is 0.131 e. The Morgan fingerprint density at radius 2 is 2.21 bits per heavy atom. The summed E-state index contributed by atoms with van der Waals surface area (Å²) in [6.45, 7) is 0.904. The maximum Gasteiger partial charge on any atom is 0.131 e. The molecule has 0 unspecified atom stereocenters. The lowest BCUT2D eigenvalue weighted by molar-refractivity contribution is 0.678. The van der Waals surface area contributed by atoms with Gasteiger partial charge < -0.3 is 5.32 Å². The van der Waals surface area contributed by atoms with E-state index in [2.05, 4.69) is 21.8 Å². The molecule has 1 saturated carbocycles. The van der Waals surface area contributed by atoms with Crippen LogP contribution in [0.15, 0.2) is 0 Å². The van der Waals surface area contributed by atoms with Gasteiger partial charge in [-0.25, -0.2) is 0 Å². The minimum absolute atomic E-state index is 0.758. The van der Waals surface area contributed by atoms with Crippen molar-refractivity contribution in [3.05, 3.63) is 10.0 Å². The van der Waals surface area contributed by atoms with Gasteiger partial charge in [0, 0.05) is 19.0 Å². The quantitative estimate of drug-likeness (QED) is 0.805. The zero-order valence-corrected chi connectivity index (χ0v) is 9.96. The lowest BCUT2D eigenvalue weighted by Gasteiger charge is -1.95. The molecule has 1 aliphatic carbocycles. The number of aryl methyl sites for hydroxylation is 1. The summed E-state index contributed by atoms with van der Waals surface area (Å²) in [6.07, 6.45) is 5.84. The molecule has 1 heterocycles. The van der Waals surface area contributed by atoms with Crippen molar-refractivity contribution < 1.29 is 0 Å². The minimum atomic E-state index is 0.758. The van der Waals surface area contributed by atoms with Crippen LogP contribution in [-0.2, 0) is 13.0 Å². The molecule has 0 radical (unpaired) electrons. The van der Waals surface area contributed by atoms with Crippen LogP contribution in [-0.4, -0.2) is 28.2 Å². The van der Waals surface area contributed by atoms with E-state index in [0.29, 0.717) is 0 Å². The molecule has 5 heteroatoms. The van der Waals surface area contributed by atoms with Crippen molar-refractivity contribution in [1.82, 2.24) is 15.5 Å². The fourth-order valence-corrected chi connectivity index (χ4v) is 2.49. The molecule has 78 valence electrons. The molecule has 3 nitrogen and oxygen atoms in total. The molecule has 0 aromatic carbocycles. The van der Waals surface area contributed by atoms with Crippen LogP contribution in [0.2, 0.25) is 0 Å². The lowest BCUT2D eigenvalue weighted by Crippen LogP contribution is -2.14. The number of hydrogen-bond acceptors (Lipinski definition) is 5. The number of rotatable bonds is 6. The second-order valence-electron chi connectivity index (χ2n) is 3.49. The molecule has 1 aromatic rings. The van der Waals surface area contributed by atoms with E-state index in [1.54, 1.807) is 11.3 Å². The zero-order valence-electron chi connectivity index (χ0n) is 8.32. The van der Waals surface area contributed by atoms with Gasteiger partial charge in [0.05, 0.1) is 0 Å². The summed E-state index contributed by atoms with van der Waals surface area (Å²) in [5.74, 6) is 1.14. The van der Waals surface area contributed by atoms with Gasteiger partial charge in [0.15, 0.2) is 0 Å². The summed E-state index contributed by atoms with van der Waals surface area (Å²) in [7, 11) is 0. The highest BCUT2D eigenvalue weighted by molar-refractivity contribution is 7.98. The summed E-state index contributed by atoms with van der Waals surface area (Å²) in [5.41, 5.74) is 0. The summed E-state index contributed by atoms with van der Waals surface area (Å²) in [4.78, 5) is 0. The van der Waals surface area contributed by atoms with Crippen LogP contribution in [0.5, 0.6) is 0 Å². The maximum atomic E-state index is 4.17. The monoisotopic (exact) mass is 229 g/mol. The topological polar surface area (TPSA) is 37.8 Å². The van der Waals surface area contributed by atoms with Gasteiger partial charge in [0.2, 0.25) is 0 Å². The summed E-state index contributed by atoms with van der Waals surface area (Å²) in [5, 5.41) is 14.1. The number of nitrogens with one attached hydrogen (secondary N) is 1. The van der Waals surface area contributed by atoms with Gasteiger partial charge in [-0.3, -0.25) is 0 Å². The Morgan fingerprint density at radius 1 is 1.43 bits per heavy atom. The summed E-state index contributed by atoms with van der Waals surface area (Å²) >= 11 is 3.60. The predicted molar refractivity (Wildman–Crippen MR) is 61.9 cm³/mol. The van der Waals surface area contributed by atoms with Crippen LogP contribution < -0.4 is 5.32 Å². The van der Waals surface area contributed by atoms with Gasteiger partial charge in [-0.1, -0.05) is 0 Å². The second kappa shape index (κ2) is 5.09. The first kappa shape index (κ1) is 10.4. The van der Waals surface area contributed by atoms with Crippen molar-refractivity contribution in [3.63, 3.8) is 0 Å². The Labute approximate surface area is 92.7 Å². The Balaban J connectivity index is 1.76. The van der Waals surface area contributed by atoms with Crippen molar-refractivity contribution in [2.45, 2.75) is 31.8 Å². The molecule has 0 spiro atoms. The second-order valence-corrected chi connectivity index (χ2v) is 5.62. The third-order valence-corrected chi connectivity index (χ3v) is 3.74. The zero-order chi connectivity index (χ0) is 9.80. The van der Waals surface area contributed by atoms with Gasteiger partial charge in [0.25, 0.3) is 0 Å². The van der Waals surface area contributed by atoms with Crippen molar-refractivity contribution in [2.24, 2.45) is 0 Å². The number of thioether (sulfide) groups is 1. The first-order valence-corrected chi connectivity index (χ1v) is 7.13. The molecule has 0 atom stereocenters. The van der Waals surface area contributed by atoms with Crippen molar-refractivity contribution in [3.8, 4) is 0 Å². The van der Waals surface area contributed by atoms with E-state index in [9.17, 15) is 0 Å². The standard InChI is InChI=1S/C9H15N3S2/c1-13-5-4-8-11-12-9(14-8)6-10-7-2-3-7/h7,10H,2-6H2,1H3. The molecule has 1 aromatic heterocycles. The molecular formula is C9H15N3S2. The highest BCUT2D eigenvalue weighted by Crippen LogP contribution is 2.20.